The van der Waals surface area contributed by atoms with Gasteiger partial charge in [-0.05, 0) is 44.5 Å². The van der Waals surface area contributed by atoms with Crippen molar-refractivity contribution in [2.24, 2.45) is 0 Å². The fourth-order valence-electron chi connectivity index (χ4n) is 2.43. The topological polar surface area (TPSA) is 67.6 Å². The Kier molecular flexibility index (Phi) is 5.38. The minimum absolute atomic E-state index is 0.0334. The first-order valence-corrected chi connectivity index (χ1v) is 7.09. The minimum atomic E-state index is -0.0334. The molecule has 1 aliphatic heterocycles. The number of nitrogen functional groups attached to an aromatic ring is 1. The fourth-order valence-corrected chi connectivity index (χ4v) is 2.43. The average Bonchev–Trinajstić information content (AvgIpc) is 2.39. The number of rotatable bonds is 5. The molecular weight excluding hydrogens is 254 g/mol. The smallest absolute Gasteiger partial charge is 0.238 e. The maximum absolute atomic E-state index is 11.9. The van der Waals surface area contributed by atoms with Gasteiger partial charge in [-0.15, -0.1) is 0 Å². The van der Waals surface area contributed by atoms with Crippen LogP contribution in [0.15, 0.2) is 24.3 Å². The Morgan fingerprint density at radius 2 is 2.35 bits per heavy atom. The number of nitrogens with zero attached hydrogens (tertiary/aromatic N) is 1. The van der Waals surface area contributed by atoms with Crippen molar-refractivity contribution in [3.05, 3.63) is 24.3 Å². The van der Waals surface area contributed by atoms with E-state index in [1.165, 1.54) is 6.42 Å². The lowest BCUT2D eigenvalue weighted by molar-refractivity contribution is -0.117. The van der Waals surface area contributed by atoms with Crippen LogP contribution < -0.4 is 11.1 Å². The Balaban J connectivity index is 1.75. The van der Waals surface area contributed by atoms with E-state index in [0.29, 0.717) is 12.2 Å². The van der Waals surface area contributed by atoms with E-state index in [9.17, 15) is 4.79 Å². The Morgan fingerprint density at radius 1 is 1.50 bits per heavy atom. The van der Waals surface area contributed by atoms with E-state index in [2.05, 4.69) is 5.32 Å². The van der Waals surface area contributed by atoms with Crippen molar-refractivity contribution in [2.45, 2.75) is 25.4 Å². The first kappa shape index (κ1) is 14.8. The van der Waals surface area contributed by atoms with Gasteiger partial charge in [-0.3, -0.25) is 9.69 Å². The number of carbonyl (C=O) groups is 1. The molecule has 0 saturated carbocycles. The van der Waals surface area contributed by atoms with Crippen LogP contribution in [-0.4, -0.2) is 43.7 Å². The van der Waals surface area contributed by atoms with Crippen LogP contribution in [0.2, 0.25) is 0 Å². The van der Waals surface area contributed by atoms with Gasteiger partial charge in [0.1, 0.15) is 0 Å². The molecule has 1 unspecified atom stereocenters. The lowest BCUT2D eigenvalue weighted by Crippen LogP contribution is -2.37. The maximum atomic E-state index is 11.9. The highest BCUT2D eigenvalue weighted by atomic mass is 16.5. The minimum Gasteiger partial charge on any atom is -0.399 e. The van der Waals surface area contributed by atoms with Crippen LogP contribution in [0, 0.1) is 0 Å². The van der Waals surface area contributed by atoms with Gasteiger partial charge in [-0.2, -0.15) is 0 Å². The van der Waals surface area contributed by atoms with Crippen LogP contribution in [-0.2, 0) is 9.53 Å². The summed E-state index contributed by atoms with van der Waals surface area (Å²) in [5, 5.41) is 2.85. The third-order valence-electron chi connectivity index (χ3n) is 3.37. The van der Waals surface area contributed by atoms with Gasteiger partial charge in [0.05, 0.1) is 12.6 Å². The van der Waals surface area contributed by atoms with Gasteiger partial charge in [0, 0.05) is 24.5 Å². The molecule has 5 heteroatoms. The molecule has 1 saturated heterocycles. The summed E-state index contributed by atoms with van der Waals surface area (Å²) in [6.45, 7) is 1.99. The Labute approximate surface area is 120 Å². The molecule has 1 aromatic rings. The second-order valence-electron chi connectivity index (χ2n) is 5.36. The number of likely N-dealkylation sites (N-methyl/N-ethyl adjacent to an activating group) is 1. The lowest BCUT2D eigenvalue weighted by Gasteiger charge is -2.27. The molecule has 0 radical (unpaired) electrons. The number of carbonyl (C=O) groups excluding carboxylic acids is 1. The van der Waals surface area contributed by atoms with Crippen molar-refractivity contribution in [2.75, 3.05) is 37.8 Å². The molecule has 1 aromatic carbocycles. The van der Waals surface area contributed by atoms with Crippen molar-refractivity contribution >= 4 is 17.3 Å². The van der Waals surface area contributed by atoms with E-state index in [-0.39, 0.29) is 12.0 Å². The third kappa shape index (κ3) is 4.83. The number of ether oxygens (including phenoxy) is 1. The zero-order valence-electron chi connectivity index (χ0n) is 12.0. The van der Waals surface area contributed by atoms with Gasteiger partial charge in [0.2, 0.25) is 5.91 Å². The summed E-state index contributed by atoms with van der Waals surface area (Å²) in [5.74, 6) is -0.0334. The highest BCUT2D eigenvalue weighted by Gasteiger charge is 2.17. The molecule has 0 aromatic heterocycles. The van der Waals surface area contributed by atoms with Crippen LogP contribution in [0.3, 0.4) is 0 Å². The number of hydrogen-bond acceptors (Lipinski definition) is 4. The Bertz CT molecular complexity index is 444. The van der Waals surface area contributed by atoms with Crippen molar-refractivity contribution in [3.8, 4) is 0 Å². The molecule has 2 rings (SSSR count). The Morgan fingerprint density at radius 3 is 3.05 bits per heavy atom. The summed E-state index contributed by atoms with van der Waals surface area (Å²) >= 11 is 0. The monoisotopic (exact) mass is 277 g/mol. The van der Waals surface area contributed by atoms with Gasteiger partial charge >= 0.3 is 0 Å². The predicted octanol–water partition coefficient (Wildman–Crippen LogP) is 1.71. The molecule has 1 amide bonds. The molecule has 1 heterocycles. The molecule has 1 fully saturated rings. The largest absolute Gasteiger partial charge is 0.399 e. The van der Waals surface area contributed by atoms with Gasteiger partial charge in [-0.25, -0.2) is 0 Å². The van der Waals surface area contributed by atoms with E-state index < -0.39 is 0 Å². The maximum Gasteiger partial charge on any atom is 0.238 e. The number of anilines is 2. The van der Waals surface area contributed by atoms with Crippen LogP contribution in [0.25, 0.3) is 0 Å². The summed E-state index contributed by atoms with van der Waals surface area (Å²) in [5.41, 5.74) is 7.06. The van der Waals surface area contributed by atoms with Gasteiger partial charge in [0.15, 0.2) is 0 Å². The number of amides is 1. The molecule has 0 aliphatic carbocycles. The summed E-state index contributed by atoms with van der Waals surface area (Å²) in [6, 6.07) is 7.20. The molecule has 5 nitrogen and oxygen atoms in total. The van der Waals surface area contributed by atoms with Gasteiger partial charge in [0.25, 0.3) is 0 Å². The zero-order valence-corrected chi connectivity index (χ0v) is 12.0. The summed E-state index contributed by atoms with van der Waals surface area (Å²) in [4.78, 5) is 13.9. The van der Waals surface area contributed by atoms with E-state index in [4.69, 9.17) is 10.5 Å². The fraction of sp³-hybridized carbons (Fsp3) is 0.533. The van der Waals surface area contributed by atoms with E-state index in [0.717, 1.165) is 31.7 Å². The number of nitrogens with two attached hydrogens (primary N) is 1. The molecule has 1 aliphatic rings. The number of hydrogen-bond donors (Lipinski definition) is 2. The van der Waals surface area contributed by atoms with Crippen molar-refractivity contribution in [3.63, 3.8) is 0 Å². The Hall–Kier alpha value is -1.59. The van der Waals surface area contributed by atoms with Crippen LogP contribution >= 0.6 is 0 Å². The van der Waals surface area contributed by atoms with E-state index in [1.54, 1.807) is 12.1 Å². The van der Waals surface area contributed by atoms with E-state index >= 15 is 0 Å². The second-order valence-corrected chi connectivity index (χ2v) is 5.36. The van der Waals surface area contributed by atoms with Crippen molar-refractivity contribution in [1.29, 1.82) is 0 Å². The van der Waals surface area contributed by atoms with Gasteiger partial charge < -0.3 is 15.8 Å². The number of benzene rings is 1. The number of nitrogens with one attached hydrogen (secondary N) is 1. The van der Waals surface area contributed by atoms with Crippen LogP contribution in [0.5, 0.6) is 0 Å². The summed E-state index contributed by atoms with van der Waals surface area (Å²) < 4.78 is 5.67. The van der Waals surface area contributed by atoms with Crippen molar-refractivity contribution in [1.82, 2.24) is 4.90 Å². The van der Waals surface area contributed by atoms with Crippen LogP contribution in [0.4, 0.5) is 11.4 Å². The lowest BCUT2D eigenvalue weighted by atomic mass is 10.1. The summed E-state index contributed by atoms with van der Waals surface area (Å²) in [7, 11) is 1.94. The standard InChI is InChI=1S/C15H23N3O2/c1-18(10-14-7-2-3-8-20-14)11-15(19)17-13-6-4-5-12(16)9-13/h4-6,9,14H,2-3,7-8,10-11,16H2,1H3,(H,17,19). The highest BCUT2D eigenvalue weighted by molar-refractivity contribution is 5.92. The third-order valence-corrected chi connectivity index (χ3v) is 3.37. The zero-order chi connectivity index (χ0) is 14.4. The van der Waals surface area contributed by atoms with Crippen LogP contribution in [0.1, 0.15) is 19.3 Å². The second kappa shape index (κ2) is 7.26. The predicted molar refractivity (Wildman–Crippen MR) is 80.6 cm³/mol. The molecule has 0 spiro atoms. The van der Waals surface area contributed by atoms with Crippen molar-refractivity contribution < 1.29 is 9.53 Å². The normalized spacial score (nSPS) is 19.0. The molecular formula is C15H23N3O2. The molecule has 20 heavy (non-hydrogen) atoms. The molecule has 0 bridgehead atoms. The SMILES string of the molecule is CN(CC(=O)Nc1cccc(N)c1)CC1CCCCO1. The first-order valence-electron chi connectivity index (χ1n) is 7.09. The first-order chi connectivity index (χ1) is 9.63. The van der Waals surface area contributed by atoms with Gasteiger partial charge in [-0.1, -0.05) is 6.07 Å². The molecule has 110 valence electrons. The quantitative estimate of drug-likeness (QED) is 0.804. The van der Waals surface area contributed by atoms with E-state index in [1.807, 2.05) is 24.1 Å². The highest BCUT2D eigenvalue weighted by Crippen LogP contribution is 2.14. The summed E-state index contributed by atoms with van der Waals surface area (Å²) in [6.07, 6.45) is 3.71. The average molecular weight is 277 g/mol. The molecule has 1 atom stereocenters. The molecule has 3 N–H and O–H groups in total.